The van der Waals surface area contributed by atoms with Crippen molar-refractivity contribution in [2.45, 2.75) is 51.7 Å². The first-order valence-corrected chi connectivity index (χ1v) is 25.2. The molecular formula is C53H76N11O11+. The number of amides is 2. The Hall–Kier alpha value is -6.82. The summed E-state index contributed by atoms with van der Waals surface area (Å²) in [6.07, 6.45) is 1.60. The molecular weight excluding hydrogens is 967 g/mol. The van der Waals surface area contributed by atoms with Crippen LogP contribution in [0.1, 0.15) is 78.9 Å². The van der Waals surface area contributed by atoms with E-state index in [1.54, 1.807) is 12.1 Å². The second kappa shape index (κ2) is 28.7. The Balaban J connectivity index is 1.46. The molecule has 4 aromatic rings. The molecule has 0 radical (unpaired) electrons. The minimum atomic E-state index is -1.23. The molecule has 22 heteroatoms. The minimum absolute atomic E-state index is 0.131. The van der Waals surface area contributed by atoms with Crippen molar-refractivity contribution in [2.24, 2.45) is 5.73 Å². The van der Waals surface area contributed by atoms with E-state index in [1.165, 1.54) is 32.4 Å². The first-order chi connectivity index (χ1) is 35.7. The lowest BCUT2D eigenvalue weighted by atomic mass is 10.0. The van der Waals surface area contributed by atoms with E-state index >= 15 is 0 Å². The van der Waals surface area contributed by atoms with Gasteiger partial charge < -0.3 is 55.3 Å². The number of nitrogens with two attached hydrogens (primary N) is 1. The largest absolute Gasteiger partial charge is 0.496 e. The van der Waals surface area contributed by atoms with Crippen LogP contribution in [-0.4, -0.2) is 212 Å². The summed E-state index contributed by atoms with van der Waals surface area (Å²) in [6, 6.07) is 13.4. The summed E-state index contributed by atoms with van der Waals surface area (Å²) in [6.45, 7) is 6.96. The Kier molecular flexibility index (Phi) is 22.6. The zero-order valence-electron chi connectivity index (χ0n) is 44.5. The monoisotopic (exact) mass is 1040 g/mol. The van der Waals surface area contributed by atoms with Crippen LogP contribution in [0.25, 0.3) is 11.1 Å². The fourth-order valence-corrected chi connectivity index (χ4v) is 8.41. The first-order valence-electron chi connectivity index (χ1n) is 25.2. The van der Waals surface area contributed by atoms with Gasteiger partial charge in [-0.2, -0.15) is 0 Å². The summed E-state index contributed by atoms with van der Waals surface area (Å²) in [5.41, 5.74) is 9.05. The molecule has 4 heterocycles. The molecule has 2 amide bonds. The van der Waals surface area contributed by atoms with Crippen LogP contribution >= 0.6 is 0 Å². The average molecular weight is 1040 g/mol. The van der Waals surface area contributed by atoms with Gasteiger partial charge in [0.1, 0.15) is 34.3 Å². The summed E-state index contributed by atoms with van der Waals surface area (Å²) in [5.74, 6) is -2.59. The molecule has 75 heavy (non-hydrogen) atoms. The van der Waals surface area contributed by atoms with Crippen molar-refractivity contribution in [3.05, 3.63) is 93.8 Å². The number of carbonyl (C=O) groups excluding carboxylic acids is 2. The van der Waals surface area contributed by atoms with Gasteiger partial charge in [-0.3, -0.25) is 24.3 Å². The molecule has 7 N–H and O–H groups in total. The maximum Gasteiger partial charge on any atom is 0.354 e. The van der Waals surface area contributed by atoms with Crippen molar-refractivity contribution in [2.75, 3.05) is 128 Å². The van der Waals surface area contributed by atoms with Crippen molar-refractivity contribution in [3.63, 3.8) is 0 Å². The maximum atomic E-state index is 12.8. The number of rotatable bonds is 28. The van der Waals surface area contributed by atoms with Gasteiger partial charge in [0.05, 0.1) is 77.7 Å². The lowest BCUT2D eigenvalue weighted by Gasteiger charge is -2.26. The van der Waals surface area contributed by atoms with Crippen LogP contribution in [0.3, 0.4) is 0 Å². The number of hydrogen-bond acceptors (Lipinski definition) is 16. The highest BCUT2D eigenvalue weighted by molar-refractivity contribution is 5.89. The number of nitrogens with zero attached hydrogens (tertiary/aromatic N) is 8. The molecule has 1 aromatic carbocycles. The van der Waals surface area contributed by atoms with E-state index in [4.69, 9.17) is 19.9 Å². The number of pyridine rings is 3. The number of likely N-dealkylation sites (N-methyl/N-ethyl adjacent to an activating group) is 2. The summed E-state index contributed by atoms with van der Waals surface area (Å²) in [7, 11) is 13.0. The molecule has 1 saturated heterocycles. The maximum absolute atomic E-state index is 12.8. The average Bonchev–Trinajstić information content (AvgIpc) is 3.44. The van der Waals surface area contributed by atoms with Gasteiger partial charge in [-0.05, 0) is 93.0 Å². The number of aromatic nitrogens is 3. The van der Waals surface area contributed by atoms with Crippen LogP contribution < -0.4 is 30.6 Å². The standard InChI is InChI=1S/C53H75N11O11/c1-60(2)16-14-55-48(65)11-9-36-25-39(57-43(27-36)51(67)68)33-61-17-18-62(34-40-26-37(28-44(58-40)52(69)70)10-12-49(66)56-15-23-64(3,4)5)20-22-63(21-19-61)35-41-29-38(30-45(59-41)53(71)72)50-46(73-6)31-42(32-47(50)74-7)75-24-8-13-54/h25-32H,8-24,33-35,54H2,1-7H3,(H4-,55,56,65,66,67,68,69,70,71,72)/p+1. The van der Waals surface area contributed by atoms with Crippen LogP contribution in [0.2, 0.25) is 0 Å². The second-order valence-electron chi connectivity index (χ2n) is 19.9. The Morgan fingerprint density at radius 3 is 1.47 bits per heavy atom. The van der Waals surface area contributed by atoms with Gasteiger partial charge in [0, 0.05) is 97.0 Å². The van der Waals surface area contributed by atoms with Gasteiger partial charge in [0.25, 0.3) is 0 Å². The highest BCUT2D eigenvalue weighted by Gasteiger charge is 2.24. The van der Waals surface area contributed by atoms with E-state index in [-0.39, 0.29) is 61.4 Å². The van der Waals surface area contributed by atoms with Crippen LogP contribution in [0, 0.1) is 0 Å². The minimum Gasteiger partial charge on any atom is -0.496 e. The van der Waals surface area contributed by atoms with Crippen molar-refractivity contribution >= 4 is 29.7 Å². The Bertz CT molecular complexity index is 2570. The summed E-state index contributed by atoms with van der Waals surface area (Å²) >= 11 is 0. The molecule has 0 saturated carbocycles. The lowest BCUT2D eigenvalue weighted by molar-refractivity contribution is -0.869. The zero-order chi connectivity index (χ0) is 54.7. The van der Waals surface area contributed by atoms with Gasteiger partial charge >= 0.3 is 17.9 Å². The van der Waals surface area contributed by atoms with Gasteiger partial charge in [0.2, 0.25) is 11.8 Å². The molecule has 0 unspecified atom stereocenters. The normalized spacial score (nSPS) is 13.9. The molecule has 0 spiro atoms. The van der Waals surface area contributed by atoms with Crippen molar-refractivity contribution in [3.8, 4) is 28.4 Å². The molecule has 5 rings (SSSR count). The van der Waals surface area contributed by atoms with Gasteiger partial charge in [-0.15, -0.1) is 0 Å². The summed E-state index contributed by atoms with van der Waals surface area (Å²) in [5, 5.41) is 36.4. The third-order valence-electron chi connectivity index (χ3n) is 12.4. The van der Waals surface area contributed by atoms with E-state index < -0.39 is 17.9 Å². The van der Waals surface area contributed by atoms with Crippen LogP contribution in [0.15, 0.2) is 48.5 Å². The number of benzene rings is 1. The molecule has 1 fully saturated rings. The molecule has 3 aromatic heterocycles. The number of carbonyl (C=O) groups is 5. The van der Waals surface area contributed by atoms with E-state index in [2.05, 4.69) is 40.3 Å². The lowest BCUT2D eigenvalue weighted by Crippen LogP contribution is -2.41. The van der Waals surface area contributed by atoms with Gasteiger partial charge in [-0.25, -0.2) is 29.3 Å². The van der Waals surface area contributed by atoms with Crippen LogP contribution in [0.4, 0.5) is 0 Å². The molecule has 0 bridgehead atoms. The van der Waals surface area contributed by atoms with E-state index in [9.17, 15) is 39.3 Å². The number of quaternary nitrogens is 1. The number of aryl methyl sites for hydroxylation is 2. The number of ether oxygens (including phenoxy) is 3. The Labute approximate surface area is 439 Å². The number of methoxy groups -OCH3 is 2. The summed E-state index contributed by atoms with van der Waals surface area (Å²) in [4.78, 5) is 85.0. The van der Waals surface area contributed by atoms with Crippen molar-refractivity contribution in [1.82, 2.24) is 45.2 Å². The fourth-order valence-electron chi connectivity index (χ4n) is 8.41. The molecule has 0 atom stereocenters. The predicted molar refractivity (Wildman–Crippen MR) is 281 cm³/mol. The quantitative estimate of drug-likeness (QED) is 0.0352. The molecule has 22 nitrogen and oxygen atoms in total. The first kappa shape index (κ1) is 59.1. The highest BCUT2D eigenvalue weighted by Crippen LogP contribution is 2.42. The number of nitrogens with one attached hydrogen (secondary N) is 2. The van der Waals surface area contributed by atoms with Gasteiger partial charge in [0.15, 0.2) is 0 Å². The van der Waals surface area contributed by atoms with E-state index in [0.29, 0.717) is 152 Å². The highest BCUT2D eigenvalue weighted by atomic mass is 16.5. The molecule has 1 aliphatic rings. The Morgan fingerprint density at radius 1 is 0.640 bits per heavy atom. The van der Waals surface area contributed by atoms with E-state index in [0.717, 1.165) is 6.54 Å². The topological polar surface area (TPSA) is 275 Å². The zero-order valence-corrected chi connectivity index (χ0v) is 44.5. The number of hydrogen-bond donors (Lipinski definition) is 6. The van der Waals surface area contributed by atoms with Crippen LogP contribution in [-0.2, 0) is 42.1 Å². The van der Waals surface area contributed by atoms with Crippen molar-refractivity contribution in [1.29, 1.82) is 0 Å². The summed E-state index contributed by atoms with van der Waals surface area (Å²) < 4.78 is 18.2. The fraction of sp³-hybridized carbons (Fsp3) is 0.509. The molecule has 1 aliphatic heterocycles. The molecule has 408 valence electrons. The smallest absolute Gasteiger partial charge is 0.354 e. The van der Waals surface area contributed by atoms with Gasteiger partial charge in [-0.1, -0.05) is 0 Å². The van der Waals surface area contributed by atoms with E-state index in [1.807, 2.05) is 58.3 Å². The predicted octanol–water partition coefficient (Wildman–Crippen LogP) is 2.56. The SMILES string of the molecule is COc1cc(OCCCN)cc(OC)c1-c1cc(CN2CCN(Cc3cc(CCC(=O)NCCN(C)C)cc(C(=O)O)n3)CCN(Cc3cc(CCC(=O)NCC[N+](C)(C)C)cc(C(=O)O)n3)CC2)nc(C(=O)O)c1. The third-order valence-corrected chi connectivity index (χ3v) is 12.4. The second-order valence-corrected chi connectivity index (χ2v) is 19.9. The van der Waals surface area contributed by atoms with Crippen LogP contribution in [0.5, 0.6) is 17.2 Å². The number of carboxylic acids is 3. The molecule has 0 aliphatic carbocycles. The van der Waals surface area contributed by atoms with Crippen molar-refractivity contribution < 1.29 is 58.0 Å². The number of carboxylic acid groups (broad SMARTS) is 3. The third kappa shape index (κ3) is 19.8. The Morgan fingerprint density at radius 2 is 1.07 bits per heavy atom. The number of aromatic carboxylic acids is 3.